The van der Waals surface area contributed by atoms with Crippen LogP contribution in [0.25, 0.3) is 0 Å². The summed E-state index contributed by atoms with van der Waals surface area (Å²) in [6, 6.07) is 20.8. The molecular weight excluding hydrogens is 730 g/mol. The Hall–Kier alpha value is -5.95. The molecule has 5 rings (SSSR count). The number of imide groups is 1. The molecule has 0 bridgehead atoms. The summed E-state index contributed by atoms with van der Waals surface area (Å²) in [5.41, 5.74) is 2.52. The number of urea groups is 1. The summed E-state index contributed by atoms with van der Waals surface area (Å²) in [6.07, 6.45) is 0.474. The minimum absolute atomic E-state index is 0.000361. The summed E-state index contributed by atoms with van der Waals surface area (Å²) in [5, 5.41) is 13.2. The minimum Gasteiger partial charge on any atom is -0.496 e. The van der Waals surface area contributed by atoms with Crippen molar-refractivity contribution in [2.75, 3.05) is 41.5 Å². The molecule has 0 spiro atoms. The topological polar surface area (TPSA) is 153 Å². The summed E-state index contributed by atoms with van der Waals surface area (Å²) in [4.78, 5) is 57.1. The van der Waals surface area contributed by atoms with Gasteiger partial charge in [-0.15, -0.1) is 0 Å². The van der Waals surface area contributed by atoms with Gasteiger partial charge in [0.05, 0.1) is 52.5 Å². The highest BCUT2D eigenvalue weighted by atomic mass is 35.5. The van der Waals surface area contributed by atoms with E-state index >= 15 is 0 Å². The van der Waals surface area contributed by atoms with E-state index in [0.29, 0.717) is 51.1 Å². The van der Waals surface area contributed by atoms with Crippen LogP contribution in [0.1, 0.15) is 52.0 Å². The van der Waals surface area contributed by atoms with Gasteiger partial charge in [-0.1, -0.05) is 54.9 Å². The van der Waals surface area contributed by atoms with Crippen molar-refractivity contribution in [1.29, 1.82) is 0 Å². The molecule has 1 heterocycles. The Bertz CT molecular complexity index is 2000. The lowest BCUT2D eigenvalue weighted by Gasteiger charge is -2.26. The quantitative estimate of drug-likeness (QED) is 0.136. The second kappa shape index (κ2) is 18.4. The van der Waals surface area contributed by atoms with Gasteiger partial charge in [-0.25, -0.2) is 9.59 Å². The maximum atomic E-state index is 14.4. The Labute approximate surface area is 324 Å². The molecule has 0 saturated carbocycles. The molecule has 290 valence electrons. The number of carboxylic acids is 1. The summed E-state index contributed by atoms with van der Waals surface area (Å²) in [7, 11) is 6.00. The number of nitrogens with zero attached hydrogens (tertiary/aromatic N) is 2. The van der Waals surface area contributed by atoms with Gasteiger partial charge in [0.15, 0.2) is 0 Å². The first-order valence-electron chi connectivity index (χ1n) is 17.5. The standard InChI is InChI=1S/C41H44ClN3O10/c1-6-33(26-12-14-31(40(48)49)37(18-26)55-24-25-10-8-7-9-11-25)43-41(50)45-23-38(46)44(22-32-35(53-4)19-30(51-2)20-36(32)54-5)21-28(39(45)47)16-27-17-29(42)13-15-34(27)52-3/h7-15,17-20,28,33H,6,16,21-24H2,1-5H3,(H,43,50)(H,48,49)/t28-,33+/m1/s1. The van der Waals surface area contributed by atoms with Crippen molar-refractivity contribution in [3.63, 3.8) is 0 Å². The van der Waals surface area contributed by atoms with Crippen LogP contribution in [0.2, 0.25) is 5.02 Å². The predicted molar refractivity (Wildman–Crippen MR) is 204 cm³/mol. The van der Waals surface area contributed by atoms with E-state index in [0.717, 1.165) is 10.5 Å². The van der Waals surface area contributed by atoms with E-state index in [-0.39, 0.29) is 37.4 Å². The average Bonchev–Trinajstić information content (AvgIpc) is 3.31. The van der Waals surface area contributed by atoms with Gasteiger partial charge in [-0.2, -0.15) is 0 Å². The van der Waals surface area contributed by atoms with Gasteiger partial charge in [-0.3, -0.25) is 14.5 Å². The molecule has 4 aromatic rings. The molecule has 55 heavy (non-hydrogen) atoms. The van der Waals surface area contributed by atoms with Gasteiger partial charge < -0.3 is 39.0 Å². The zero-order valence-electron chi connectivity index (χ0n) is 31.3. The Morgan fingerprint density at radius 2 is 1.56 bits per heavy atom. The number of aromatic carboxylic acids is 1. The maximum Gasteiger partial charge on any atom is 0.339 e. The molecule has 13 nitrogen and oxygen atoms in total. The van der Waals surface area contributed by atoms with E-state index in [1.165, 1.54) is 39.4 Å². The number of nitrogens with one attached hydrogen (secondary N) is 1. The Morgan fingerprint density at radius 1 is 0.873 bits per heavy atom. The fraction of sp³-hybridized carbons (Fsp3) is 0.317. The summed E-state index contributed by atoms with van der Waals surface area (Å²) >= 11 is 6.35. The number of hydrogen-bond acceptors (Lipinski definition) is 9. The number of carbonyl (C=O) groups is 4. The van der Waals surface area contributed by atoms with Crippen molar-refractivity contribution in [3.8, 4) is 28.7 Å². The number of benzene rings is 4. The molecule has 0 aromatic heterocycles. The van der Waals surface area contributed by atoms with Crippen molar-refractivity contribution in [2.45, 2.75) is 39.0 Å². The van der Waals surface area contributed by atoms with Crippen LogP contribution in [0.4, 0.5) is 4.79 Å². The lowest BCUT2D eigenvalue weighted by atomic mass is 9.96. The monoisotopic (exact) mass is 773 g/mol. The Balaban J connectivity index is 1.46. The third-order valence-corrected chi connectivity index (χ3v) is 9.64. The number of rotatable bonds is 15. The second-order valence-electron chi connectivity index (χ2n) is 12.8. The first-order valence-corrected chi connectivity index (χ1v) is 17.9. The van der Waals surface area contributed by atoms with E-state index in [4.69, 9.17) is 35.3 Å². The SMILES string of the molecule is CC[C@H](NC(=O)N1CC(=O)N(Cc2c(OC)cc(OC)cc2OC)C[C@@H](Cc2cc(Cl)ccc2OC)C1=O)c1ccc(C(=O)O)c(OCc2ccccc2)c1. The number of carbonyl (C=O) groups excluding carboxylic acids is 3. The summed E-state index contributed by atoms with van der Waals surface area (Å²) in [5.74, 6) is -1.20. The van der Waals surface area contributed by atoms with E-state index < -0.39 is 42.3 Å². The van der Waals surface area contributed by atoms with Crippen molar-refractivity contribution >= 4 is 35.4 Å². The normalized spacial score (nSPS) is 14.8. The molecule has 1 aliphatic heterocycles. The number of methoxy groups -OCH3 is 4. The van der Waals surface area contributed by atoms with Gasteiger partial charge in [0.2, 0.25) is 11.8 Å². The largest absolute Gasteiger partial charge is 0.496 e. The third kappa shape index (κ3) is 9.60. The number of ether oxygens (including phenoxy) is 5. The minimum atomic E-state index is -1.17. The van der Waals surface area contributed by atoms with E-state index in [2.05, 4.69) is 5.32 Å². The van der Waals surface area contributed by atoms with Crippen LogP contribution in [-0.4, -0.2) is 80.2 Å². The molecule has 4 aromatic carbocycles. The summed E-state index contributed by atoms with van der Waals surface area (Å²) < 4.78 is 28.2. The van der Waals surface area contributed by atoms with Crippen LogP contribution in [0.15, 0.2) is 78.9 Å². The smallest absolute Gasteiger partial charge is 0.339 e. The van der Waals surface area contributed by atoms with Gasteiger partial charge in [0, 0.05) is 23.7 Å². The van der Waals surface area contributed by atoms with Gasteiger partial charge in [0.1, 0.15) is 47.5 Å². The molecule has 14 heteroatoms. The lowest BCUT2D eigenvalue weighted by Crippen LogP contribution is -2.48. The molecule has 1 fully saturated rings. The first kappa shape index (κ1) is 40.2. The molecule has 0 aliphatic carbocycles. The molecule has 0 radical (unpaired) electrons. The number of hydrogen-bond donors (Lipinski definition) is 2. The Kier molecular flexibility index (Phi) is 13.5. The second-order valence-corrected chi connectivity index (χ2v) is 13.2. The van der Waals surface area contributed by atoms with Crippen LogP contribution in [0.3, 0.4) is 0 Å². The molecule has 0 unspecified atom stereocenters. The van der Waals surface area contributed by atoms with E-state index in [9.17, 15) is 24.3 Å². The van der Waals surface area contributed by atoms with E-state index in [1.807, 2.05) is 37.3 Å². The lowest BCUT2D eigenvalue weighted by molar-refractivity contribution is -0.135. The number of halogens is 1. The molecule has 1 aliphatic rings. The molecule has 2 atom stereocenters. The van der Waals surface area contributed by atoms with Crippen LogP contribution in [-0.2, 0) is 29.2 Å². The predicted octanol–water partition coefficient (Wildman–Crippen LogP) is 6.54. The van der Waals surface area contributed by atoms with Crippen LogP contribution in [0, 0.1) is 5.92 Å². The third-order valence-electron chi connectivity index (χ3n) is 9.40. The molecule has 1 saturated heterocycles. The van der Waals surface area contributed by atoms with Gasteiger partial charge in [-0.05, 0) is 59.9 Å². The highest BCUT2D eigenvalue weighted by Gasteiger charge is 2.39. The Morgan fingerprint density at radius 3 is 2.18 bits per heavy atom. The van der Waals surface area contributed by atoms with Crippen LogP contribution >= 0.6 is 11.6 Å². The molecule has 4 amide bonds. The molecular formula is C41H44ClN3O10. The van der Waals surface area contributed by atoms with Gasteiger partial charge >= 0.3 is 12.0 Å². The maximum absolute atomic E-state index is 14.4. The zero-order chi connectivity index (χ0) is 39.6. The van der Waals surface area contributed by atoms with Gasteiger partial charge in [0.25, 0.3) is 0 Å². The highest BCUT2D eigenvalue weighted by molar-refractivity contribution is 6.30. The van der Waals surface area contributed by atoms with Crippen molar-refractivity contribution in [3.05, 3.63) is 112 Å². The molecule has 2 N–H and O–H groups in total. The zero-order valence-corrected chi connectivity index (χ0v) is 32.1. The van der Waals surface area contributed by atoms with Crippen LogP contribution < -0.4 is 29.0 Å². The number of carboxylic acid groups (broad SMARTS) is 1. The average molecular weight is 774 g/mol. The van der Waals surface area contributed by atoms with Crippen molar-refractivity contribution in [1.82, 2.24) is 15.1 Å². The summed E-state index contributed by atoms with van der Waals surface area (Å²) in [6.45, 7) is 1.36. The van der Waals surface area contributed by atoms with Crippen molar-refractivity contribution < 1.29 is 48.0 Å². The fourth-order valence-corrected chi connectivity index (χ4v) is 6.68. The fourth-order valence-electron chi connectivity index (χ4n) is 6.49. The van der Waals surface area contributed by atoms with Crippen molar-refractivity contribution in [2.24, 2.45) is 5.92 Å². The van der Waals surface area contributed by atoms with E-state index in [1.54, 1.807) is 42.5 Å². The first-order chi connectivity index (χ1) is 26.5. The number of amides is 4. The highest BCUT2D eigenvalue weighted by Crippen LogP contribution is 2.36. The van der Waals surface area contributed by atoms with Crippen LogP contribution in [0.5, 0.6) is 28.7 Å².